The number of hydrogen-bond donors (Lipinski definition) is 0. The summed E-state index contributed by atoms with van der Waals surface area (Å²) < 4.78 is 0. The molecule has 1 aliphatic carbocycles. The predicted molar refractivity (Wildman–Crippen MR) is 106 cm³/mol. The predicted octanol–water partition coefficient (Wildman–Crippen LogP) is 4.83. The first-order valence-electron chi connectivity index (χ1n) is 9.89. The highest BCUT2D eigenvalue weighted by Crippen LogP contribution is 2.44. The maximum absolute atomic E-state index is 13.5. The number of carbonyl (C=O) groups excluding carboxylic acids is 1. The molecule has 0 aromatic heterocycles. The molecule has 3 nitrogen and oxygen atoms in total. The maximum Gasteiger partial charge on any atom is 0.250 e. The smallest absolute Gasteiger partial charge is 0.250 e. The number of benzene rings is 2. The fraction of sp³-hybridized carbons (Fsp3) is 0.435. The highest BCUT2D eigenvalue weighted by Gasteiger charge is 2.53. The van der Waals surface area contributed by atoms with Crippen LogP contribution < -0.4 is 4.90 Å². The van der Waals surface area contributed by atoms with Crippen LogP contribution in [0.15, 0.2) is 60.7 Å². The molecule has 1 spiro atoms. The zero-order valence-corrected chi connectivity index (χ0v) is 15.6. The summed E-state index contributed by atoms with van der Waals surface area (Å²) >= 11 is 0. The third-order valence-electron chi connectivity index (χ3n) is 6.31. The van der Waals surface area contributed by atoms with Crippen molar-refractivity contribution < 1.29 is 4.79 Å². The fourth-order valence-corrected chi connectivity index (χ4v) is 4.69. The number of nitrogens with zero attached hydrogens (tertiary/aromatic N) is 2. The van der Waals surface area contributed by atoms with Crippen molar-refractivity contribution in [2.75, 3.05) is 11.6 Å². The summed E-state index contributed by atoms with van der Waals surface area (Å²) in [5, 5.41) is 0. The topological polar surface area (TPSA) is 23.6 Å². The molecular formula is C23H28N2O. The summed E-state index contributed by atoms with van der Waals surface area (Å²) in [6.07, 6.45) is 5.49. The number of anilines is 1. The summed E-state index contributed by atoms with van der Waals surface area (Å²) in [7, 11) is 0. The number of hydrogen-bond acceptors (Lipinski definition) is 2. The average molecular weight is 348 g/mol. The lowest BCUT2D eigenvalue weighted by atomic mass is 9.74. The molecule has 0 bridgehead atoms. The van der Waals surface area contributed by atoms with Crippen molar-refractivity contribution in [2.24, 2.45) is 5.92 Å². The van der Waals surface area contributed by atoms with Crippen LogP contribution in [0.2, 0.25) is 0 Å². The van der Waals surface area contributed by atoms with Gasteiger partial charge in [0, 0.05) is 12.2 Å². The molecule has 1 saturated heterocycles. The van der Waals surface area contributed by atoms with Gasteiger partial charge in [-0.05, 0) is 49.3 Å². The zero-order chi connectivity index (χ0) is 18.0. The van der Waals surface area contributed by atoms with Gasteiger partial charge in [0.2, 0.25) is 5.91 Å². The summed E-state index contributed by atoms with van der Waals surface area (Å²) in [5.74, 6) is 1.09. The van der Waals surface area contributed by atoms with E-state index in [0.29, 0.717) is 19.1 Å². The van der Waals surface area contributed by atoms with Gasteiger partial charge in [0.15, 0.2) is 0 Å². The highest BCUT2D eigenvalue weighted by molar-refractivity contribution is 5.93. The molecule has 1 heterocycles. The third-order valence-corrected chi connectivity index (χ3v) is 6.31. The Kier molecular flexibility index (Phi) is 4.71. The van der Waals surface area contributed by atoms with Crippen LogP contribution in [0.4, 0.5) is 5.69 Å². The van der Waals surface area contributed by atoms with Crippen molar-refractivity contribution >= 4 is 11.6 Å². The Morgan fingerprint density at radius 1 is 0.962 bits per heavy atom. The maximum atomic E-state index is 13.5. The number of carbonyl (C=O) groups is 1. The Morgan fingerprint density at radius 2 is 1.58 bits per heavy atom. The minimum absolute atomic E-state index is 0.319. The Labute approximate surface area is 156 Å². The van der Waals surface area contributed by atoms with E-state index in [-0.39, 0.29) is 5.54 Å². The fourth-order valence-electron chi connectivity index (χ4n) is 4.69. The van der Waals surface area contributed by atoms with Crippen LogP contribution in [0.3, 0.4) is 0 Å². The van der Waals surface area contributed by atoms with Crippen LogP contribution in [-0.4, -0.2) is 23.0 Å². The third kappa shape index (κ3) is 3.00. The molecule has 136 valence electrons. The molecule has 2 aliphatic rings. The Bertz CT molecular complexity index is 735. The second kappa shape index (κ2) is 7.14. The summed E-state index contributed by atoms with van der Waals surface area (Å²) in [6, 6.07) is 20.8. The minimum atomic E-state index is -0.345. The Hall–Kier alpha value is -2.29. The van der Waals surface area contributed by atoms with Gasteiger partial charge in [0.1, 0.15) is 5.54 Å². The molecule has 0 atom stereocenters. The molecule has 2 aromatic rings. The Morgan fingerprint density at radius 3 is 2.19 bits per heavy atom. The average Bonchev–Trinajstić information content (AvgIpc) is 2.96. The first-order valence-corrected chi connectivity index (χ1v) is 9.89. The lowest BCUT2D eigenvalue weighted by Gasteiger charge is -2.42. The van der Waals surface area contributed by atoms with Crippen LogP contribution in [0.1, 0.15) is 44.6 Å². The molecule has 2 fully saturated rings. The SMILES string of the molecule is CCC1CCC2(CC1)C(=O)N(Cc1ccccc1)CN2c1ccccc1. The largest absolute Gasteiger partial charge is 0.339 e. The summed E-state index contributed by atoms with van der Waals surface area (Å²) in [4.78, 5) is 18.0. The van der Waals surface area contributed by atoms with Crippen LogP contribution in [0.5, 0.6) is 0 Å². The molecule has 1 aliphatic heterocycles. The van der Waals surface area contributed by atoms with Crippen molar-refractivity contribution in [3.05, 3.63) is 66.2 Å². The minimum Gasteiger partial charge on any atom is -0.339 e. The van der Waals surface area contributed by atoms with E-state index in [4.69, 9.17) is 0 Å². The van der Waals surface area contributed by atoms with Gasteiger partial charge in [0.25, 0.3) is 0 Å². The van der Waals surface area contributed by atoms with Gasteiger partial charge >= 0.3 is 0 Å². The van der Waals surface area contributed by atoms with Crippen molar-refractivity contribution in [2.45, 2.75) is 51.1 Å². The second-order valence-electron chi connectivity index (χ2n) is 7.78. The summed E-state index contributed by atoms with van der Waals surface area (Å²) in [5.41, 5.74) is 2.03. The molecular weight excluding hydrogens is 320 g/mol. The van der Waals surface area contributed by atoms with Gasteiger partial charge in [0.05, 0.1) is 6.67 Å². The standard InChI is InChI=1S/C23H28N2O/c1-2-19-13-15-23(16-14-19)22(26)24(17-20-9-5-3-6-10-20)18-25(23)21-11-7-4-8-12-21/h3-12,19H,2,13-18H2,1H3. The quantitative estimate of drug-likeness (QED) is 0.790. The summed E-state index contributed by atoms with van der Waals surface area (Å²) in [6.45, 7) is 3.66. The van der Waals surface area contributed by atoms with Gasteiger partial charge in [-0.2, -0.15) is 0 Å². The van der Waals surface area contributed by atoms with Crippen LogP contribution in [0.25, 0.3) is 0 Å². The first-order chi connectivity index (χ1) is 12.7. The van der Waals surface area contributed by atoms with Gasteiger partial charge < -0.3 is 9.80 Å². The van der Waals surface area contributed by atoms with Crippen molar-refractivity contribution in [1.82, 2.24) is 4.90 Å². The lowest BCUT2D eigenvalue weighted by molar-refractivity contribution is -0.133. The molecule has 0 N–H and O–H groups in total. The molecule has 3 heteroatoms. The molecule has 2 aromatic carbocycles. The molecule has 0 radical (unpaired) electrons. The van der Waals surface area contributed by atoms with Crippen LogP contribution in [-0.2, 0) is 11.3 Å². The van der Waals surface area contributed by atoms with E-state index in [9.17, 15) is 4.79 Å². The zero-order valence-electron chi connectivity index (χ0n) is 15.6. The van der Waals surface area contributed by atoms with Crippen molar-refractivity contribution in [3.8, 4) is 0 Å². The molecule has 4 rings (SSSR count). The van der Waals surface area contributed by atoms with E-state index in [2.05, 4.69) is 53.1 Å². The number of amides is 1. The second-order valence-corrected chi connectivity index (χ2v) is 7.78. The molecule has 1 saturated carbocycles. The molecule has 1 amide bonds. The van der Waals surface area contributed by atoms with Crippen LogP contribution in [0, 0.1) is 5.92 Å². The monoisotopic (exact) mass is 348 g/mol. The van der Waals surface area contributed by atoms with E-state index >= 15 is 0 Å². The lowest BCUT2D eigenvalue weighted by Crippen LogP contribution is -2.51. The van der Waals surface area contributed by atoms with Gasteiger partial charge in [-0.1, -0.05) is 61.9 Å². The van der Waals surface area contributed by atoms with E-state index in [0.717, 1.165) is 31.6 Å². The normalized spacial score (nSPS) is 25.9. The first kappa shape index (κ1) is 17.1. The van der Waals surface area contributed by atoms with Gasteiger partial charge in [-0.3, -0.25) is 4.79 Å². The molecule has 0 unspecified atom stereocenters. The highest BCUT2D eigenvalue weighted by atomic mass is 16.2. The van der Waals surface area contributed by atoms with E-state index in [1.165, 1.54) is 17.7 Å². The van der Waals surface area contributed by atoms with E-state index in [1.807, 2.05) is 24.3 Å². The van der Waals surface area contributed by atoms with E-state index < -0.39 is 0 Å². The number of para-hydroxylation sites is 1. The van der Waals surface area contributed by atoms with Crippen LogP contribution >= 0.6 is 0 Å². The van der Waals surface area contributed by atoms with Gasteiger partial charge in [-0.25, -0.2) is 0 Å². The Balaban J connectivity index is 1.64. The molecule has 26 heavy (non-hydrogen) atoms. The van der Waals surface area contributed by atoms with Gasteiger partial charge in [-0.15, -0.1) is 0 Å². The van der Waals surface area contributed by atoms with Crippen molar-refractivity contribution in [3.63, 3.8) is 0 Å². The number of rotatable bonds is 4. The van der Waals surface area contributed by atoms with Crippen molar-refractivity contribution in [1.29, 1.82) is 0 Å². The van der Waals surface area contributed by atoms with E-state index in [1.54, 1.807) is 0 Å².